The maximum atomic E-state index is 12.9. The van der Waals surface area contributed by atoms with Gasteiger partial charge in [-0.1, -0.05) is 53.5 Å². The van der Waals surface area contributed by atoms with Gasteiger partial charge in [0.2, 0.25) is 0 Å². The summed E-state index contributed by atoms with van der Waals surface area (Å²) in [5.74, 6) is -0.405. The fourth-order valence-electron chi connectivity index (χ4n) is 3.20. The molecule has 2 amide bonds. The molecular formula is C25H17Cl2NO5S. The molecule has 0 unspecified atom stereocenters. The summed E-state index contributed by atoms with van der Waals surface area (Å²) in [5, 5.41) is 0.443. The van der Waals surface area contributed by atoms with Crippen LogP contribution in [0, 0.1) is 0 Å². The van der Waals surface area contributed by atoms with Crippen LogP contribution in [-0.2, 0) is 11.3 Å². The van der Waals surface area contributed by atoms with Gasteiger partial charge in [-0.15, -0.1) is 0 Å². The number of nitrogens with zero attached hydrogens (tertiary/aromatic N) is 1. The second-order valence-electron chi connectivity index (χ2n) is 7.17. The Labute approximate surface area is 210 Å². The number of methoxy groups -OCH3 is 1. The summed E-state index contributed by atoms with van der Waals surface area (Å²) >= 11 is 12.9. The molecule has 3 aromatic rings. The molecule has 34 heavy (non-hydrogen) atoms. The van der Waals surface area contributed by atoms with Crippen LogP contribution in [0.1, 0.15) is 21.5 Å². The van der Waals surface area contributed by atoms with Crippen LogP contribution in [0.2, 0.25) is 10.0 Å². The van der Waals surface area contributed by atoms with E-state index in [4.69, 9.17) is 32.7 Å². The van der Waals surface area contributed by atoms with Crippen molar-refractivity contribution in [3.8, 4) is 11.5 Å². The van der Waals surface area contributed by atoms with Gasteiger partial charge >= 0.3 is 5.97 Å². The number of halogens is 2. The van der Waals surface area contributed by atoms with Gasteiger partial charge in [-0.3, -0.25) is 14.5 Å². The van der Waals surface area contributed by atoms with E-state index in [0.29, 0.717) is 32.5 Å². The molecule has 1 fully saturated rings. The zero-order valence-corrected chi connectivity index (χ0v) is 20.1. The minimum Gasteiger partial charge on any atom is -0.493 e. The second-order valence-corrected chi connectivity index (χ2v) is 9.01. The van der Waals surface area contributed by atoms with Gasteiger partial charge in [0.25, 0.3) is 11.1 Å². The van der Waals surface area contributed by atoms with Gasteiger partial charge in [0, 0.05) is 10.0 Å². The molecule has 0 spiro atoms. The van der Waals surface area contributed by atoms with Crippen LogP contribution >= 0.6 is 35.0 Å². The Morgan fingerprint density at radius 3 is 2.47 bits per heavy atom. The van der Waals surface area contributed by atoms with Crippen LogP contribution < -0.4 is 9.47 Å². The number of amides is 2. The van der Waals surface area contributed by atoms with Gasteiger partial charge in [-0.25, -0.2) is 4.79 Å². The molecule has 0 radical (unpaired) electrons. The molecule has 1 heterocycles. The number of carbonyl (C=O) groups excluding carboxylic acids is 3. The SMILES string of the molecule is COc1cc(/C=C2\SC(=O)N(Cc3ccc(Cl)cc3Cl)C2=O)ccc1OC(=O)c1ccccc1. The summed E-state index contributed by atoms with van der Waals surface area (Å²) < 4.78 is 10.8. The number of benzene rings is 3. The molecule has 3 aromatic carbocycles. The van der Waals surface area contributed by atoms with Crippen molar-refractivity contribution in [3.05, 3.63) is 98.4 Å². The van der Waals surface area contributed by atoms with E-state index in [9.17, 15) is 14.4 Å². The Morgan fingerprint density at radius 1 is 1.00 bits per heavy atom. The Hall–Kier alpha value is -3.26. The van der Waals surface area contributed by atoms with Crippen LogP contribution in [0.15, 0.2) is 71.6 Å². The van der Waals surface area contributed by atoms with E-state index >= 15 is 0 Å². The number of thioether (sulfide) groups is 1. The highest BCUT2D eigenvalue weighted by Crippen LogP contribution is 2.36. The highest BCUT2D eigenvalue weighted by Gasteiger charge is 2.35. The lowest BCUT2D eigenvalue weighted by atomic mass is 10.1. The van der Waals surface area contributed by atoms with Crippen molar-refractivity contribution in [2.45, 2.75) is 6.54 Å². The maximum Gasteiger partial charge on any atom is 0.343 e. The van der Waals surface area contributed by atoms with Gasteiger partial charge in [-0.05, 0) is 65.4 Å². The molecule has 1 saturated heterocycles. The zero-order chi connectivity index (χ0) is 24.2. The molecular weight excluding hydrogens is 497 g/mol. The predicted molar refractivity (Wildman–Crippen MR) is 132 cm³/mol. The van der Waals surface area contributed by atoms with Crippen LogP contribution in [0.3, 0.4) is 0 Å². The molecule has 0 aromatic heterocycles. The standard InChI is InChI=1S/C25H17Cl2NO5S/c1-32-21-11-15(7-10-20(21)33-24(30)16-5-3-2-4-6-16)12-22-23(29)28(25(31)34-22)14-17-8-9-18(26)13-19(17)27/h2-13H,14H2,1H3/b22-12-. The molecule has 0 N–H and O–H groups in total. The first-order chi connectivity index (χ1) is 16.4. The normalized spacial score (nSPS) is 14.6. The topological polar surface area (TPSA) is 72.9 Å². The molecule has 6 nitrogen and oxygen atoms in total. The third kappa shape index (κ3) is 5.28. The van der Waals surface area contributed by atoms with Crippen LogP contribution in [0.25, 0.3) is 6.08 Å². The highest BCUT2D eigenvalue weighted by molar-refractivity contribution is 8.18. The van der Waals surface area contributed by atoms with E-state index in [1.165, 1.54) is 7.11 Å². The molecule has 0 bridgehead atoms. The summed E-state index contributed by atoms with van der Waals surface area (Å²) in [6.45, 7) is 0.0374. The van der Waals surface area contributed by atoms with E-state index in [1.807, 2.05) is 0 Å². The number of ether oxygens (including phenoxy) is 2. The predicted octanol–water partition coefficient (Wildman–Crippen LogP) is 6.46. The highest BCUT2D eigenvalue weighted by atomic mass is 35.5. The zero-order valence-electron chi connectivity index (χ0n) is 17.8. The van der Waals surface area contributed by atoms with Crippen molar-refractivity contribution in [2.75, 3.05) is 7.11 Å². The minimum absolute atomic E-state index is 0.0374. The molecule has 0 saturated carbocycles. The van der Waals surface area contributed by atoms with Crippen LogP contribution in [0.5, 0.6) is 11.5 Å². The van der Waals surface area contributed by atoms with E-state index in [0.717, 1.165) is 16.7 Å². The average Bonchev–Trinajstić information content (AvgIpc) is 3.09. The van der Waals surface area contributed by atoms with E-state index in [1.54, 1.807) is 72.8 Å². The third-order valence-corrected chi connectivity index (χ3v) is 6.41. The van der Waals surface area contributed by atoms with E-state index < -0.39 is 17.1 Å². The Balaban J connectivity index is 1.52. The smallest absolute Gasteiger partial charge is 0.343 e. The van der Waals surface area contributed by atoms with E-state index in [2.05, 4.69) is 0 Å². The quantitative estimate of drug-likeness (QED) is 0.214. The number of rotatable bonds is 6. The summed E-state index contributed by atoms with van der Waals surface area (Å²) in [6.07, 6.45) is 1.58. The van der Waals surface area contributed by atoms with Crippen LogP contribution in [0.4, 0.5) is 4.79 Å². The molecule has 4 rings (SSSR count). The Bertz CT molecular complexity index is 1310. The summed E-state index contributed by atoms with van der Waals surface area (Å²) in [5.41, 5.74) is 1.62. The second kappa shape index (κ2) is 10.3. The molecule has 0 aliphatic carbocycles. The van der Waals surface area contributed by atoms with Gasteiger partial charge < -0.3 is 9.47 Å². The summed E-state index contributed by atoms with van der Waals surface area (Å²) in [6, 6.07) is 18.3. The van der Waals surface area contributed by atoms with E-state index in [-0.39, 0.29) is 17.2 Å². The molecule has 0 atom stereocenters. The first-order valence-electron chi connectivity index (χ1n) is 10.0. The minimum atomic E-state index is -0.520. The monoisotopic (exact) mass is 513 g/mol. The van der Waals surface area contributed by atoms with Crippen LogP contribution in [-0.4, -0.2) is 29.1 Å². The number of hydrogen-bond donors (Lipinski definition) is 0. The number of imide groups is 1. The Kier molecular flexibility index (Phi) is 7.26. The lowest BCUT2D eigenvalue weighted by molar-refractivity contribution is -0.123. The first-order valence-corrected chi connectivity index (χ1v) is 11.6. The summed E-state index contributed by atoms with van der Waals surface area (Å²) in [7, 11) is 1.45. The lowest BCUT2D eigenvalue weighted by Gasteiger charge is -2.13. The first kappa shape index (κ1) is 23.9. The van der Waals surface area contributed by atoms with Crippen molar-refractivity contribution in [2.24, 2.45) is 0 Å². The molecule has 9 heteroatoms. The van der Waals surface area contributed by atoms with Gasteiger partial charge in [0.1, 0.15) is 0 Å². The molecule has 172 valence electrons. The summed E-state index contributed by atoms with van der Waals surface area (Å²) in [4.78, 5) is 39.1. The largest absolute Gasteiger partial charge is 0.493 e. The fraction of sp³-hybridized carbons (Fsp3) is 0.0800. The Morgan fingerprint density at radius 2 is 1.76 bits per heavy atom. The number of hydrogen-bond acceptors (Lipinski definition) is 6. The number of esters is 1. The molecule has 1 aliphatic heterocycles. The third-order valence-electron chi connectivity index (χ3n) is 4.91. The lowest BCUT2D eigenvalue weighted by Crippen LogP contribution is -2.27. The van der Waals surface area contributed by atoms with Crippen molar-refractivity contribution in [1.29, 1.82) is 0 Å². The number of carbonyl (C=O) groups is 3. The van der Waals surface area contributed by atoms with Gasteiger partial charge in [0.15, 0.2) is 11.5 Å². The van der Waals surface area contributed by atoms with Gasteiger partial charge in [0.05, 0.1) is 24.1 Å². The molecule has 1 aliphatic rings. The van der Waals surface area contributed by atoms with Gasteiger partial charge in [-0.2, -0.15) is 0 Å². The van der Waals surface area contributed by atoms with Crippen molar-refractivity contribution < 1.29 is 23.9 Å². The average molecular weight is 514 g/mol. The maximum absolute atomic E-state index is 12.9. The van der Waals surface area contributed by atoms with Crippen molar-refractivity contribution >= 4 is 58.2 Å². The van der Waals surface area contributed by atoms with Crippen molar-refractivity contribution in [3.63, 3.8) is 0 Å². The van der Waals surface area contributed by atoms with Crippen molar-refractivity contribution in [1.82, 2.24) is 4.90 Å². The fourth-order valence-corrected chi connectivity index (χ4v) is 4.51.